The largest absolute Gasteiger partial charge is 0.296 e. The van der Waals surface area contributed by atoms with Crippen molar-refractivity contribution in [3.63, 3.8) is 0 Å². The number of hydrogen-bond acceptors (Lipinski definition) is 1. The van der Waals surface area contributed by atoms with Crippen molar-refractivity contribution in [3.8, 4) is 27.9 Å². The molecule has 0 bridgehead atoms. The van der Waals surface area contributed by atoms with Crippen LogP contribution >= 0.6 is 0 Å². The lowest BCUT2D eigenvalue weighted by atomic mass is 9.82. The highest BCUT2D eigenvalue weighted by atomic mass is 15.1. The Balaban J connectivity index is 1.11. The van der Waals surface area contributed by atoms with Crippen molar-refractivity contribution < 1.29 is 0 Å². The second-order valence-corrected chi connectivity index (χ2v) is 14.6. The van der Waals surface area contributed by atoms with Gasteiger partial charge in [-0.25, -0.2) is 4.98 Å². The van der Waals surface area contributed by atoms with E-state index >= 15 is 0 Å². The summed E-state index contributed by atoms with van der Waals surface area (Å²) in [5.41, 5.74) is 10.8. The zero-order valence-electron chi connectivity index (χ0n) is 30.2. The summed E-state index contributed by atoms with van der Waals surface area (Å²) in [6, 6.07) is 66.2. The molecule has 2 nitrogen and oxygen atoms in total. The third-order valence-corrected chi connectivity index (χ3v) is 11.5. The van der Waals surface area contributed by atoms with Crippen LogP contribution in [0.1, 0.15) is 23.7 Å². The number of benzene rings is 9. The van der Waals surface area contributed by atoms with Gasteiger partial charge in [-0.3, -0.25) is 4.57 Å². The molecule has 2 heteroatoms. The van der Waals surface area contributed by atoms with E-state index in [1.807, 2.05) is 0 Å². The van der Waals surface area contributed by atoms with Gasteiger partial charge in [-0.1, -0.05) is 170 Å². The lowest BCUT2D eigenvalue weighted by Crippen LogP contribution is -2.07. The molecule has 1 aromatic heterocycles. The Kier molecular flexibility index (Phi) is 7.34. The minimum absolute atomic E-state index is 0.157. The molecule has 1 atom stereocenters. The summed E-state index contributed by atoms with van der Waals surface area (Å²) >= 11 is 0. The number of aromatic nitrogens is 2. The number of hydrogen-bond donors (Lipinski definition) is 0. The molecule has 0 saturated carbocycles. The molecule has 0 radical (unpaired) electrons. The van der Waals surface area contributed by atoms with Crippen molar-refractivity contribution in [1.82, 2.24) is 9.55 Å². The Morgan fingerprint density at radius 2 is 1.04 bits per heavy atom. The van der Waals surface area contributed by atoms with Crippen LogP contribution < -0.4 is 0 Å². The Morgan fingerprint density at radius 1 is 0.473 bits per heavy atom. The predicted molar refractivity (Wildman–Crippen MR) is 233 cm³/mol. The van der Waals surface area contributed by atoms with E-state index in [0.717, 1.165) is 29.0 Å². The summed E-state index contributed by atoms with van der Waals surface area (Å²) in [6.45, 7) is 0. The molecule has 1 aliphatic rings. The lowest BCUT2D eigenvalue weighted by Gasteiger charge is -2.21. The van der Waals surface area contributed by atoms with Crippen LogP contribution in [0, 0.1) is 0 Å². The van der Waals surface area contributed by atoms with Crippen LogP contribution in [-0.2, 0) is 0 Å². The Hall–Kier alpha value is -7.03. The summed E-state index contributed by atoms with van der Waals surface area (Å²) in [5.74, 6) is 1.23. The average molecular weight is 701 g/mol. The van der Waals surface area contributed by atoms with Crippen molar-refractivity contribution in [2.75, 3.05) is 0 Å². The van der Waals surface area contributed by atoms with Gasteiger partial charge in [0, 0.05) is 11.6 Å². The highest BCUT2D eigenvalue weighted by Gasteiger charge is 2.23. The fourth-order valence-corrected chi connectivity index (χ4v) is 8.99. The molecule has 1 heterocycles. The van der Waals surface area contributed by atoms with E-state index in [4.69, 9.17) is 4.98 Å². The van der Waals surface area contributed by atoms with Crippen molar-refractivity contribution >= 4 is 59.7 Å². The SMILES string of the molecule is C1=CC(c2nc3ccccc3n2-c2ccccc2)CC=C1c1ccc2c(-c3cccc4ccccc34)c3ccccc3c(-c3cccc4ccccc34)c2c1. The third kappa shape index (κ3) is 5.14. The van der Waals surface area contributed by atoms with Crippen molar-refractivity contribution in [3.05, 3.63) is 212 Å². The smallest absolute Gasteiger partial charge is 0.121 e. The van der Waals surface area contributed by atoms with E-state index in [1.54, 1.807) is 0 Å². The molecule has 0 N–H and O–H groups in total. The van der Waals surface area contributed by atoms with Crippen molar-refractivity contribution in [2.24, 2.45) is 0 Å². The number of fused-ring (bicyclic) bond motifs is 5. The van der Waals surface area contributed by atoms with Gasteiger partial charge in [0.1, 0.15) is 5.82 Å². The molecule has 9 aromatic carbocycles. The number of imidazole rings is 1. The standard InChI is InChI=1S/C53H36N2/c1-2-18-40(19-3-1)55-50-27-11-10-26-49(50)54-53(55)38-30-28-35(29-31-38)39-32-33-47-48(34-39)52(44-25-13-17-37-15-5-7-21-42(37)44)46-23-9-8-22-45(46)51(47)43-24-12-16-36-14-4-6-20-41(36)43/h1-30,32-34,38H,31H2. The average Bonchev–Trinajstić information content (AvgIpc) is 3.65. The zero-order chi connectivity index (χ0) is 36.3. The zero-order valence-corrected chi connectivity index (χ0v) is 30.2. The van der Waals surface area contributed by atoms with Gasteiger partial charge in [0.05, 0.1) is 11.0 Å². The first-order chi connectivity index (χ1) is 27.3. The van der Waals surface area contributed by atoms with E-state index in [-0.39, 0.29) is 5.92 Å². The maximum Gasteiger partial charge on any atom is 0.121 e. The summed E-state index contributed by atoms with van der Waals surface area (Å²) in [7, 11) is 0. The molecule has 10 aromatic rings. The van der Waals surface area contributed by atoms with Gasteiger partial charge in [-0.15, -0.1) is 0 Å². The topological polar surface area (TPSA) is 17.8 Å². The number of allylic oxidation sites excluding steroid dienone is 4. The lowest BCUT2D eigenvalue weighted by molar-refractivity contribution is 0.760. The summed E-state index contributed by atoms with van der Waals surface area (Å²) in [4.78, 5) is 5.19. The molecule has 55 heavy (non-hydrogen) atoms. The maximum absolute atomic E-state index is 5.19. The first kappa shape index (κ1) is 31.5. The van der Waals surface area contributed by atoms with Gasteiger partial charge in [0.2, 0.25) is 0 Å². The first-order valence-electron chi connectivity index (χ1n) is 19.2. The predicted octanol–water partition coefficient (Wildman–Crippen LogP) is 14.1. The van der Waals surface area contributed by atoms with E-state index in [9.17, 15) is 0 Å². The summed E-state index contributed by atoms with van der Waals surface area (Å²) in [6.07, 6.45) is 7.95. The number of para-hydroxylation sites is 3. The van der Waals surface area contributed by atoms with E-state index in [0.29, 0.717) is 0 Å². The van der Waals surface area contributed by atoms with Crippen LogP contribution in [0.25, 0.3) is 87.6 Å². The molecule has 0 fully saturated rings. The molecular formula is C53H36N2. The molecule has 1 aliphatic carbocycles. The van der Waals surface area contributed by atoms with Crippen LogP contribution in [0.5, 0.6) is 0 Å². The summed E-state index contributed by atoms with van der Waals surface area (Å²) in [5, 5.41) is 10.1. The first-order valence-corrected chi connectivity index (χ1v) is 19.2. The molecule has 0 amide bonds. The monoisotopic (exact) mass is 700 g/mol. The molecule has 0 spiro atoms. The maximum atomic E-state index is 5.19. The van der Waals surface area contributed by atoms with Gasteiger partial charge in [0.15, 0.2) is 0 Å². The number of rotatable bonds is 5. The fourth-order valence-electron chi connectivity index (χ4n) is 8.99. The minimum atomic E-state index is 0.157. The minimum Gasteiger partial charge on any atom is -0.296 e. The number of nitrogens with zero attached hydrogens (tertiary/aromatic N) is 2. The van der Waals surface area contributed by atoms with Gasteiger partial charge in [-0.2, -0.15) is 0 Å². The third-order valence-electron chi connectivity index (χ3n) is 11.5. The van der Waals surface area contributed by atoms with Crippen LogP contribution in [0.3, 0.4) is 0 Å². The van der Waals surface area contributed by atoms with E-state index < -0.39 is 0 Å². The Morgan fingerprint density at radius 3 is 1.71 bits per heavy atom. The second-order valence-electron chi connectivity index (χ2n) is 14.6. The van der Waals surface area contributed by atoms with E-state index in [1.165, 1.54) is 76.5 Å². The van der Waals surface area contributed by atoms with Crippen molar-refractivity contribution in [1.29, 1.82) is 0 Å². The molecule has 0 aliphatic heterocycles. The second kappa shape index (κ2) is 12.8. The fraction of sp³-hybridized carbons (Fsp3) is 0.0377. The highest BCUT2D eigenvalue weighted by Crippen LogP contribution is 2.47. The summed E-state index contributed by atoms with van der Waals surface area (Å²) < 4.78 is 2.33. The van der Waals surface area contributed by atoms with Crippen LogP contribution in [0.2, 0.25) is 0 Å². The van der Waals surface area contributed by atoms with Crippen LogP contribution in [0.4, 0.5) is 0 Å². The highest BCUT2D eigenvalue weighted by molar-refractivity contribution is 6.25. The van der Waals surface area contributed by atoms with Crippen molar-refractivity contribution in [2.45, 2.75) is 12.3 Å². The molecular weight excluding hydrogens is 665 g/mol. The van der Waals surface area contributed by atoms with Gasteiger partial charge >= 0.3 is 0 Å². The molecule has 0 saturated heterocycles. The molecule has 11 rings (SSSR count). The van der Waals surface area contributed by atoms with Gasteiger partial charge in [-0.05, 0) is 113 Å². The van der Waals surface area contributed by atoms with Gasteiger partial charge < -0.3 is 0 Å². The van der Waals surface area contributed by atoms with E-state index in [2.05, 4.69) is 205 Å². The molecule has 1 unspecified atom stereocenters. The Bertz CT molecular complexity index is 3170. The van der Waals surface area contributed by atoms with Crippen LogP contribution in [-0.4, -0.2) is 9.55 Å². The quantitative estimate of drug-likeness (QED) is 0.163. The molecule has 258 valence electrons. The Labute approximate surface area is 320 Å². The van der Waals surface area contributed by atoms with Gasteiger partial charge in [0.25, 0.3) is 0 Å². The van der Waals surface area contributed by atoms with Crippen LogP contribution in [0.15, 0.2) is 200 Å². The normalized spacial score (nSPS) is 14.3.